The molecule has 2 aromatic heterocycles. The van der Waals surface area contributed by atoms with Crippen LogP contribution in [0.1, 0.15) is 24.0 Å². The lowest BCUT2D eigenvalue weighted by atomic mass is 10.3. The highest BCUT2D eigenvalue weighted by molar-refractivity contribution is 9.10. The molecule has 0 saturated carbocycles. The van der Waals surface area contributed by atoms with E-state index in [1.54, 1.807) is 11.3 Å². The van der Waals surface area contributed by atoms with Crippen LogP contribution in [0.5, 0.6) is 0 Å². The molecule has 2 rings (SSSR count). The van der Waals surface area contributed by atoms with E-state index in [0.717, 1.165) is 42.1 Å². The second-order valence-corrected chi connectivity index (χ2v) is 5.84. The Morgan fingerprint density at radius 1 is 1.33 bits per heavy atom. The van der Waals surface area contributed by atoms with Crippen LogP contribution >= 0.6 is 27.3 Å². The van der Waals surface area contributed by atoms with Crippen molar-refractivity contribution in [1.82, 2.24) is 9.97 Å². The van der Waals surface area contributed by atoms with Gasteiger partial charge in [-0.3, -0.25) is 0 Å². The first-order valence-corrected chi connectivity index (χ1v) is 7.75. The summed E-state index contributed by atoms with van der Waals surface area (Å²) in [6, 6.07) is 6.17. The minimum absolute atomic E-state index is 0.847. The highest BCUT2D eigenvalue weighted by atomic mass is 79.9. The van der Waals surface area contributed by atoms with Gasteiger partial charge >= 0.3 is 0 Å². The van der Waals surface area contributed by atoms with Gasteiger partial charge in [-0.25, -0.2) is 9.97 Å². The Morgan fingerprint density at radius 3 is 2.94 bits per heavy atom. The summed E-state index contributed by atoms with van der Waals surface area (Å²) in [5.41, 5.74) is 0. The van der Waals surface area contributed by atoms with Crippen molar-refractivity contribution in [3.63, 3.8) is 0 Å². The molecule has 0 spiro atoms. The van der Waals surface area contributed by atoms with Gasteiger partial charge in [-0.1, -0.05) is 13.0 Å². The molecule has 0 aromatic carbocycles. The molecular weight excluding hydrogens is 310 g/mol. The van der Waals surface area contributed by atoms with E-state index in [2.05, 4.69) is 55.7 Å². The smallest absolute Gasteiger partial charge is 0.132 e. The monoisotopic (exact) mass is 325 g/mol. The number of nitrogens with zero attached hydrogens (tertiary/aromatic N) is 2. The van der Waals surface area contributed by atoms with Crippen LogP contribution in [0.4, 0.5) is 5.82 Å². The number of rotatable bonds is 6. The molecule has 0 radical (unpaired) electrons. The van der Waals surface area contributed by atoms with E-state index in [1.165, 1.54) is 4.88 Å². The third-order valence-electron chi connectivity index (χ3n) is 2.47. The van der Waals surface area contributed by atoms with E-state index in [-0.39, 0.29) is 0 Å². The van der Waals surface area contributed by atoms with Gasteiger partial charge in [-0.05, 0) is 40.2 Å². The zero-order valence-electron chi connectivity index (χ0n) is 10.3. The van der Waals surface area contributed by atoms with Crippen molar-refractivity contribution in [3.8, 4) is 0 Å². The fourth-order valence-corrected chi connectivity index (χ4v) is 2.79. The Labute approximate surface area is 120 Å². The van der Waals surface area contributed by atoms with Gasteiger partial charge in [0.15, 0.2) is 0 Å². The van der Waals surface area contributed by atoms with E-state index in [1.807, 2.05) is 6.07 Å². The molecule has 0 saturated heterocycles. The zero-order valence-corrected chi connectivity index (χ0v) is 12.7. The molecule has 96 valence electrons. The third-order valence-corrected chi connectivity index (χ3v) is 3.81. The maximum atomic E-state index is 4.49. The van der Waals surface area contributed by atoms with Gasteiger partial charge in [0.25, 0.3) is 0 Å². The van der Waals surface area contributed by atoms with Gasteiger partial charge in [-0.2, -0.15) is 0 Å². The van der Waals surface area contributed by atoms with Crippen molar-refractivity contribution >= 4 is 33.1 Å². The number of hydrogen-bond donors (Lipinski definition) is 1. The van der Waals surface area contributed by atoms with Crippen molar-refractivity contribution in [3.05, 3.63) is 38.9 Å². The SMILES string of the molecule is CCCc1nc(Br)cc(NCCc2cccs2)n1. The van der Waals surface area contributed by atoms with Crippen molar-refractivity contribution < 1.29 is 0 Å². The molecule has 0 aliphatic heterocycles. The van der Waals surface area contributed by atoms with E-state index in [0.29, 0.717) is 0 Å². The first-order valence-electron chi connectivity index (χ1n) is 6.07. The summed E-state index contributed by atoms with van der Waals surface area (Å²) in [5.74, 6) is 1.79. The van der Waals surface area contributed by atoms with Crippen LogP contribution in [-0.2, 0) is 12.8 Å². The van der Waals surface area contributed by atoms with Crippen LogP contribution in [-0.4, -0.2) is 16.5 Å². The Morgan fingerprint density at radius 2 is 2.22 bits per heavy atom. The Kier molecular flexibility index (Phi) is 5.13. The quantitative estimate of drug-likeness (QED) is 0.818. The minimum atomic E-state index is 0.847. The Hall–Kier alpha value is -0.940. The standard InChI is InChI=1S/C13H16BrN3S/c1-2-4-12-16-11(14)9-13(17-12)15-7-6-10-5-3-8-18-10/h3,5,8-9H,2,4,6-7H2,1H3,(H,15,16,17). The average molecular weight is 326 g/mol. The number of anilines is 1. The maximum absolute atomic E-state index is 4.49. The predicted octanol–water partition coefficient (Wildman–Crippen LogP) is 3.91. The molecule has 2 aromatic rings. The molecule has 0 aliphatic carbocycles. The number of halogens is 1. The van der Waals surface area contributed by atoms with Gasteiger partial charge in [0.1, 0.15) is 16.2 Å². The predicted molar refractivity (Wildman–Crippen MR) is 80.2 cm³/mol. The Bertz CT molecular complexity index is 485. The van der Waals surface area contributed by atoms with Crippen LogP contribution in [0, 0.1) is 0 Å². The van der Waals surface area contributed by atoms with Gasteiger partial charge in [0.2, 0.25) is 0 Å². The van der Waals surface area contributed by atoms with Gasteiger partial charge < -0.3 is 5.32 Å². The summed E-state index contributed by atoms with van der Waals surface area (Å²) in [4.78, 5) is 10.2. The summed E-state index contributed by atoms with van der Waals surface area (Å²) in [6.07, 6.45) is 3.01. The van der Waals surface area contributed by atoms with Gasteiger partial charge in [0.05, 0.1) is 0 Å². The van der Waals surface area contributed by atoms with Crippen molar-refractivity contribution in [2.75, 3.05) is 11.9 Å². The van der Waals surface area contributed by atoms with E-state index in [9.17, 15) is 0 Å². The van der Waals surface area contributed by atoms with Crippen molar-refractivity contribution in [1.29, 1.82) is 0 Å². The van der Waals surface area contributed by atoms with Crippen LogP contribution < -0.4 is 5.32 Å². The first kappa shape index (κ1) is 13.5. The molecule has 1 N–H and O–H groups in total. The number of thiophene rings is 1. The van der Waals surface area contributed by atoms with Crippen LogP contribution in [0.3, 0.4) is 0 Å². The normalized spacial score (nSPS) is 10.6. The van der Waals surface area contributed by atoms with Gasteiger partial charge in [-0.15, -0.1) is 11.3 Å². The lowest BCUT2D eigenvalue weighted by Gasteiger charge is -2.07. The zero-order chi connectivity index (χ0) is 12.8. The van der Waals surface area contributed by atoms with Crippen molar-refractivity contribution in [2.45, 2.75) is 26.2 Å². The molecule has 0 atom stereocenters. The van der Waals surface area contributed by atoms with E-state index in [4.69, 9.17) is 0 Å². The van der Waals surface area contributed by atoms with Crippen molar-refractivity contribution in [2.24, 2.45) is 0 Å². The molecule has 0 aliphatic rings. The molecular formula is C13H16BrN3S. The van der Waals surface area contributed by atoms with E-state index < -0.39 is 0 Å². The number of nitrogens with one attached hydrogen (secondary N) is 1. The minimum Gasteiger partial charge on any atom is -0.370 e. The highest BCUT2D eigenvalue weighted by Gasteiger charge is 2.02. The van der Waals surface area contributed by atoms with Crippen LogP contribution in [0.2, 0.25) is 0 Å². The number of aromatic nitrogens is 2. The van der Waals surface area contributed by atoms with E-state index >= 15 is 0 Å². The summed E-state index contributed by atoms with van der Waals surface area (Å²) >= 11 is 5.22. The largest absolute Gasteiger partial charge is 0.370 e. The number of aryl methyl sites for hydroxylation is 1. The summed E-state index contributed by atoms with van der Waals surface area (Å²) < 4.78 is 0.847. The lowest BCUT2D eigenvalue weighted by Crippen LogP contribution is -2.07. The maximum Gasteiger partial charge on any atom is 0.132 e. The second kappa shape index (κ2) is 6.85. The van der Waals surface area contributed by atoms with Gasteiger partial charge in [0, 0.05) is 23.9 Å². The fourth-order valence-electron chi connectivity index (χ4n) is 1.66. The molecule has 3 nitrogen and oxygen atoms in total. The molecule has 0 bridgehead atoms. The average Bonchev–Trinajstić information content (AvgIpc) is 2.82. The summed E-state index contributed by atoms with van der Waals surface area (Å²) in [6.45, 7) is 3.03. The molecule has 0 fully saturated rings. The molecule has 5 heteroatoms. The molecule has 2 heterocycles. The third kappa shape index (κ3) is 4.07. The first-order chi connectivity index (χ1) is 8.78. The lowest BCUT2D eigenvalue weighted by molar-refractivity contribution is 0.827. The summed E-state index contributed by atoms with van der Waals surface area (Å²) in [7, 11) is 0. The van der Waals surface area contributed by atoms with Crippen LogP contribution in [0.25, 0.3) is 0 Å². The summed E-state index contributed by atoms with van der Waals surface area (Å²) in [5, 5.41) is 5.46. The molecule has 0 amide bonds. The highest BCUT2D eigenvalue weighted by Crippen LogP contribution is 2.14. The fraction of sp³-hybridized carbons (Fsp3) is 0.385. The van der Waals surface area contributed by atoms with Crippen LogP contribution in [0.15, 0.2) is 28.2 Å². The Balaban J connectivity index is 1.92. The molecule has 18 heavy (non-hydrogen) atoms. The number of hydrogen-bond acceptors (Lipinski definition) is 4. The second-order valence-electron chi connectivity index (χ2n) is 4.00. The molecule has 0 unspecified atom stereocenters. The topological polar surface area (TPSA) is 37.8 Å².